The average molecular weight is 316 g/mol. The molecular formula is C12H20N4O4S. The molecule has 0 aliphatic heterocycles. The highest BCUT2D eigenvalue weighted by atomic mass is 32.2. The molecule has 1 heterocycles. The summed E-state index contributed by atoms with van der Waals surface area (Å²) < 4.78 is 29.1. The van der Waals surface area contributed by atoms with Crippen molar-refractivity contribution < 1.29 is 8.42 Å². The van der Waals surface area contributed by atoms with Crippen LogP contribution in [-0.4, -0.2) is 29.6 Å². The minimum Gasteiger partial charge on any atom is -0.327 e. The van der Waals surface area contributed by atoms with Gasteiger partial charge in [-0.15, -0.1) is 0 Å². The Morgan fingerprint density at radius 1 is 1.33 bits per heavy atom. The number of hydrogen-bond donors (Lipinski definition) is 2. The zero-order valence-electron chi connectivity index (χ0n) is 12.5. The predicted octanol–water partition coefficient (Wildman–Crippen LogP) is -1.51. The van der Waals surface area contributed by atoms with Gasteiger partial charge in [0, 0.05) is 32.4 Å². The molecule has 1 aromatic heterocycles. The van der Waals surface area contributed by atoms with Gasteiger partial charge in [0.15, 0.2) is 4.90 Å². The Kier molecular flexibility index (Phi) is 3.63. The first kappa shape index (κ1) is 15.9. The van der Waals surface area contributed by atoms with Crippen LogP contribution in [0.1, 0.15) is 20.3 Å². The lowest BCUT2D eigenvalue weighted by atomic mass is 9.64. The fraction of sp³-hybridized carbons (Fsp3) is 0.667. The molecule has 0 bridgehead atoms. The van der Waals surface area contributed by atoms with Gasteiger partial charge >= 0.3 is 5.69 Å². The first-order valence-corrected chi connectivity index (χ1v) is 8.01. The van der Waals surface area contributed by atoms with Gasteiger partial charge in [-0.1, -0.05) is 13.8 Å². The topological polar surface area (TPSA) is 116 Å². The summed E-state index contributed by atoms with van der Waals surface area (Å²) in [6, 6.07) is -0.424. The van der Waals surface area contributed by atoms with Crippen molar-refractivity contribution in [2.45, 2.75) is 37.2 Å². The second kappa shape index (κ2) is 4.79. The van der Waals surface area contributed by atoms with E-state index in [0.717, 1.165) is 15.3 Å². The van der Waals surface area contributed by atoms with Gasteiger partial charge in [0.2, 0.25) is 10.0 Å². The molecule has 1 aromatic rings. The monoisotopic (exact) mass is 316 g/mol. The van der Waals surface area contributed by atoms with Gasteiger partial charge in [0.25, 0.3) is 5.56 Å². The Balaban J connectivity index is 2.43. The zero-order chi connectivity index (χ0) is 16.2. The number of aryl methyl sites for hydroxylation is 1. The average Bonchev–Trinajstić information content (AvgIpc) is 2.39. The number of nitrogens with zero attached hydrogens (tertiary/aromatic N) is 2. The molecule has 3 N–H and O–H groups in total. The van der Waals surface area contributed by atoms with E-state index in [1.54, 1.807) is 0 Å². The van der Waals surface area contributed by atoms with Gasteiger partial charge in [-0.05, 0) is 11.8 Å². The highest BCUT2D eigenvalue weighted by Gasteiger charge is 2.48. The van der Waals surface area contributed by atoms with Crippen LogP contribution in [0.4, 0.5) is 0 Å². The molecule has 0 aromatic carbocycles. The van der Waals surface area contributed by atoms with Crippen molar-refractivity contribution in [3.8, 4) is 0 Å². The largest absolute Gasteiger partial charge is 0.330 e. The molecular weight excluding hydrogens is 296 g/mol. The number of sulfonamides is 1. The maximum atomic E-state index is 12.4. The fourth-order valence-corrected chi connectivity index (χ4v) is 3.93. The zero-order valence-corrected chi connectivity index (χ0v) is 13.3. The van der Waals surface area contributed by atoms with E-state index in [1.165, 1.54) is 14.1 Å². The number of rotatable bonds is 3. The third kappa shape index (κ3) is 2.45. The first-order chi connectivity index (χ1) is 9.48. The third-order valence-corrected chi connectivity index (χ3v) is 5.80. The summed E-state index contributed by atoms with van der Waals surface area (Å²) in [6.45, 7) is 3.74. The summed E-state index contributed by atoms with van der Waals surface area (Å²) >= 11 is 0. The van der Waals surface area contributed by atoms with Crippen LogP contribution >= 0.6 is 0 Å². The summed E-state index contributed by atoms with van der Waals surface area (Å²) in [6.07, 6.45) is 1.55. The Morgan fingerprint density at radius 2 is 1.90 bits per heavy atom. The van der Waals surface area contributed by atoms with E-state index in [2.05, 4.69) is 4.72 Å². The molecule has 21 heavy (non-hydrogen) atoms. The lowest BCUT2D eigenvalue weighted by Gasteiger charge is -2.50. The van der Waals surface area contributed by atoms with Crippen molar-refractivity contribution in [3.05, 3.63) is 27.0 Å². The molecule has 8 nitrogen and oxygen atoms in total. The number of hydrogen-bond acceptors (Lipinski definition) is 5. The quantitative estimate of drug-likeness (QED) is 0.703. The molecule has 118 valence electrons. The summed E-state index contributed by atoms with van der Waals surface area (Å²) in [7, 11) is -1.37. The number of nitrogens with one attached hydrogen (secondary N) is 1. The van der Waals surface area contributed by atoms with Crippen LogP contribution in [0, 0.1) is 5.41 Å². The second-order valence-corrected chi connectivity index (χ2v) is 7.77. The lowest BCUT2D eigenvalue weighted by molar-refractivity contribution is 0.0903. The standard InChI is InChI=1S/C12H20N4O4S/c1-12(2)8(13)5-9(12)14-21(19,20)7-6-15(3)11(18)16(4)10(7)17/h6,8-9,14H,5,13H2,1-4H3. The normalized spacial score (nSPS) is 24.6. The van der Waals surface area contributed by atoms with Gasteiger partial charge in [-0.2, -0.15) is 0 Å². The smallest absolute Gasteiger partial charge is 0.327 e. The molecule has 0 amide bonds. The molecule has 0 saturated heterocycles. The summed E-state index contributed by atoms with van der Waals surface area (Å²) in [4.78, 5) is 23.2. The molecule has 2 atom stereocenters. The maximum Gasteiger partial charge on any atom is 0.330 e. The van der Waals surface area contributed by atoms with Crippen molar-refractivity contribution in [2.75, 3.05) is 0 Å². The second-order valence-electron chi connectivity index (χ2n) is 6.09. The Morgan fingerprint density at radius 3 is 2.38 bits per heavy atom. The summed E-state index contributed by atoms with van der Waals surface area (Å²) in [5.74, 6) is 0. The van der Waals surface area contributed by atoms with Crippen LogP contribution in [0.2, 0.25) is 0 Å². The summed E-state index contributed by atoms with van der Waals surface area (Å²) in [5.41, 5.74) is 4.06. The molecule has 1 aliphatic rings. The van der Waals surface area contributed by atoms with Gasteiger partial charge in [-0.25, -0.2) is 17.9 Å². The van der Waals surface area contributed by atoms with E-state index in [0.29, 0.717) is 6.42 Å². The van der Waals surface area contributed by atoms with Crippen molar-refractivity contribution >= 4 is 10.0 Å². The lowest BCUT2D eigenvalue weighted by Crippen LogP contribution is -2.64. The molecule has 1 aliphatic carbocycles. The van der Waals surface area contributed by atoms with E-state index in [4.69, 9.17) is 5.73 Å². The molecule has 1 fully saturated rings. The molecule has 2 rings (SSSR count). The van der Waals surface area contributed by atoms with Crippen LogP contribution in [0.3, 0.4) is 0 Å². The van der Waals surface area contributed by atoms with Gasteiger partial charge in [0.05, 0.1) is 0 Å². The maximum absolute atomic E-state index is 12.4. The van der Waals surface area contributed by atoms with Crippen molar-refractivity contribution in [2.24, 2.45) is 25.2 Å². The van der Waals surface area contributed by atoms with Crippen LogP contribution in [0.15, 0.2) is 20.7 Å². The van der Waals surface area contributed by atoms with E-state index < -0.39 is 26.2 Å². The van der Waals surface area contributed by atoms with Crippen LogP contribution in [-0.2, 0) is 24.1 Å². The highest BCUT2D eigenvalue weighted by molar-refractivity contribution is 7.89. The highest BCUT2D eigenvalue weighted by Crippen LogP contribution is 2.39. The fourth-order valence-electron chi connectivity index (χ4n) is 2.37. The van der Waals surface area contributed by atoms with Gasteiger partial charge in [-0.3, -0.25) is 9.36 Å². The molecule has 1 saturated carbocycles. The van der Waals surface area contributed by atoms with Crippen molar-refractivity contribution in [3.63, 3.8) is 0 Å². The van der Waals surface area contributed by atoms with Crippen LogP contribution in [0.5, 0.6) is 0 Å². The Labute approximate surface area is 122 Å². The van der Waals surface area contributed by atoms with Crippen molar-refractivity contribution in [1.29, 1.82) is 0 Å². The van der Waals surface area contributed by atoms with Gasteiger partial charge < -0.3 is 10.3 Å². The molecule has 9 heteroatoms. The van der Waals surface area contributed by atoms with Crippen molar-refractivity contribution in [1.82, 2.24) is 13.9 Å². The minimum absolute atomic E-state index is 0.0897. The minimum atomic E-state index is -4.01. The summed E-state index contributed by atoms with van der Waals surface area (Å²) in [5, 5.41) is 0. The molecule has 0 radical (unpaired) electrons. The van der Waals surface area contributed by atoms with E-state index >= 15 is 0 Å². The molecule has 0 spiro atoms. The first-order valence-electron chi connectivity index (χ1n) is 6.53. The third-order valence-electron chi connectivity index (χ3n) is 4.35. The number of nitrogens with two attached hydrogens (primary N) is 1. The van der Waals surface area contributed by atoms with E-state index in [9.17, 15) is 18.0 Å². The van der Waals surface area contributed by atoms with Crippen LogP contribution < -0.4 is 21.7 Å². The van der Waals surface area contributed by atoms with Gasteiger partial charge in [0.1, 0.15) is 0 Å². The van der Waals surface area contributed by atoms with Crippen LogP contribution in [0.25, 0.3) is 0 Å². The van der Waals surface area contributed by atoms with E-state index in [-0.39, 0.29) is 17.5 Å². The van der Waals surface area contributed by atoms with E-state index in [1.807, 2.05) is 13.8 Å². The Bertz CT molecular complexity index is 790. The number of aromatic nitrogens is 2. The Hall–Kier alpha value is -1.45. The predicted molar refractivity (Wildman–Crippen MR) is 77.4 cm³/mol. The SMILES string of the molecule is Cn1cc(S(=O)(=O)NC2CC(N)C2(C)C)c(=O)n(C)c1=O. The molecule has 2 unspecified atom stereocenters.